The number of ether oxygens (including phenoxy) is 4. The van der Waals surface area contributed by atoms with E-state index in [2.05, 4.69) is 198 Å². The van der Waals surface area contributed by atoms with Crippen LogP contribution in [-0.2, 0) is 65.4 Å². The number of aliphatic hydroxyl groups excluding tert-OH is 1. The number of hydrogen-bond acceptors (Lipinski definition) is 15. The van der Waals surface area contributed by atoms with Crippen molar-refractivity contribution in [3.63, 3.8) is 0 Å². The second kappa shape index (κ2) is 79.5. The van der Waals surface area contributed by atoms with E-state index in [9.17, 15) is 43.2 Å². The molecule has 614 valence electrons. The molecule has 108 heavy (non-hydrogen) atoms. The Morgan fingerprint density at radius 3 is 0.750 bits per heavy atom. The molecule has 0 aromatic carbocycles. The Morgan fingerprint density at radius 1 is 0.269 bits per heavy atom. The first-order valence-corrected chi connectivity index (χ1v) is 44.4. The van der Waals surface area contributed by atoms with Gasteiger partial charge >= 0.3 is 39.5 Å². The van der Waals surface area contributed by atoms with Gasteiger partial charge in [-0.2, -0.15) is 0 Å². The van der Waals surface area contributed by atoms with Crippen LogP contribution in [0, 0.1) is 0 Å². The number of unbranched alkanes of at least 4 members (excludes halogenated alkanes) is 22. The topological polar surface area (TPSA) is 237 Å². The molecule has 5 atom stereocenters. The van der Waals surface area contributed by atoms with Gasteiger partial charge in [-0.15, -0.1) is 0 Å². The molecule has 0 spiro atoms. The zero-order valence-electron chi connectivity index (χ0n) is 67.2. The van der Waals surface area contributed by atoms with Gasteiger partial charge in [0.1, 0.15) is 19.3 Å². The minimum Gasteiger partial charge on any atom is -0.462 e. The molecule has 0 aliphatic rings. The van der Waals surface area contributed by atoms with E-state index in [4.69, 9.17) is 37.0 Å². The number of esters is 4. The van der Waals surface area contributed by atoms with Gasteiger partial charge in [-0.05, 0) is 154 Å². The molecule has 0 aromatic rings. The molecule has 0 bridgehead atoms. The van der Waals surface area contributed by atoms with Crippen molar-refractivity contribution in [2.75, 3.05) is 39.6 Å². The van der Waals surface area contributed by atoms with E-state index in [1.807, 2.05) is 0 Å². The number of phosphoric acid groups is 2. The number of aliphatic hydroxyl groups is 1. The van der Waals surface area contributed by atoms with Crippen molar-refractivity contribution < 1.29 is 80.2 Å². The third-order valence-electron chi connectivity index (χ3n) is 16.7. The van der Waals surface area contributed by atoms with Crippen LogP contribution in [0.25, 0.3) is 0 Å². The summed E-state index contributed by atoms with van der Waals surface area (Å²) in [5, 5.41) is 10.7. The number of allylic oxidation sites excluding steroid dienone is 28. The lowest BCUT2D eigenvalue weighted by atomic mass is 10.1. The second-order valence-corrected chi connectivity index (χ2v) is 29.8. The molecule has 0 aliphatic heterocycles. The maximum Gasteiger partial charge on any atom is 0.472 e. The van der Waals surface area contributed by atoms with Gasteiger partial charge in [0.25, 0.3) is 0 Å². The molecule has 17 nitrogen and oxygen atoms in total. The molecule has 0 amide bonds. The van der Waals surface area contributed by atoms with Crippen molar-refractivity contribution in [2.45, 2.75) is 329 Å². The minimum atomic E-state index is -5.00. The zero-order valence-corrected chi connectivity index (χ0v) is 69.0. The third kappa shape index (κ3) is 78.5. The normalized spacial score (nSPS) is 14.7. The van der Waals surface area contributed by atoms with Crippen molar-refractivity contribution in [3.05, 3.63) is 170 Å². The minimum absolute atomic E-state index is 0.0422. The van der Waals surface area contributed by atoms with E-state index in [0.717, 1.165) is 193 Å². The van der Waals surface area contributed by atoms with E-state index >= 15 is 0 Å². The van der Waals surface area contributed by atoms with Crippen LogP contribution in [0.1, 0.15) is 310 Å². The first-order valence-electron chi connectivity index (χ1n) is 41.4. The summed E-state index contributed by atoms with van der Waals surface area (Å²) < 4.78 is 68.6. The van der Waals surface area contributed by atoms with Crippen LogP contribution < -0.4 is 0 Å². The summed E-state index contributed by atoms with van der Waals surface area (Å²) in [7, 11) is -9.99. The first kappa shape index (κ1) is 102. The fourth-order valence-electron chi connectivity index (χ4n) is 10.5. The molecule has 5 unspecified atom stereocenters. The Labute approximate surface area is 654 Å². The fraction of sp³-hybridized carbons (Fsp3) is 0.640. The molecular weight excluding hydrogens is 1400 g/mol. The maximum atomic E-state index is 13.1. The van der Waals surface area contributed by atoms with Crippen molar-refractivity contribution >= 4 is 39.5 Å². The molecule has 0 heterocycles. The van der Waals surface area contributed by atoms with Crippen LogP contribution in [-0.4, -0.2) is 96.7 Å². The SMILES string of the molecule is CC/C=C\C/C=C\C/C=C\C/C=C\C/C=C\CCCCCC(=O)OCC(COP(=O)(O)OCC(O)COP(=O)(O)OCC(COC(=O)CCCCCCCC/C=C\C/C=C\C/C=C\C/C=C\CC)OC(=O)CCCCCCCCCCCCC)OC(=O)CCCCC/C=C\C/C=C\C/C=C\C/C=C\C/C=C\CC. The predicted molar refractivity (Wildman–Crippen MR) is 445 cm³/mol. The van der Waals surface area contributed by atoms with Gasteiger partial charge in [-0.25, -0.2) is 9.13 Å². The lowest BCUT2D eigenvalue weighted by Gasteiger charge is -2.21. The molecule has 0 aromatic heterocycles. The number of carbonyl (C=O) groups is 4. The van der Waals surface area contributed by atoms with Gasteiger partial charge in [0.2, 0.25) is 0 Å². The van der Waals surface area contributed by atoms with Crippen LogP contribution in [0.4, 0.5) is 0 Å². The molecule has 0 rings (SSSR count). The quantitative estimate of drug-likeness (QED) is 0.0169. The van der Waals surface area contributed by atoms with Gasteiger partial charge in [0, 0.05) is 25.7 Å². The van der Waals surface area contributed by atoms with Gasteiger partial charge in [0.05, 0.1) is 26.4 Å². The van der Waals surface area contributed by atoms with Gasteiger partial charge in [0.15, 0.2) is 12.2 Å². The summed E-state index contributed by atoms with van der Waals surface area (Å²) >= 11 is 0. The Hall–Kier alpha value is -5.58. The Bertz CT molecular complexity index is 2710. The lowest BCUT2D eigenvalue weighted by Crippen LogP contribution is -2.30. The van der Waals surface area contributed by atoms with E-state index in [1.165, 1.54) is 38.5 Å². The molecule has 0 saturated heterocycles. The van der Waals surface area contributed by atoms with Crippen LogP contribution in [0.5, 0.6) is 0 Å². The second-order valence-electron chi connectivity index (χ2n) is 26.9. The van der Waals surface area contributed by atoms with E-state index in [1.54, 1.807) is 0 Å². The first-order chi connectivity index (χ1) is 52.7. The van der Waals surface area contributed by atoms with Crippen LogP contribution in [0.2, 0.25) is 0 Å². The van der Waals surface area contributed by atoms with Crippen LogP contribution in [0.3, 0.4) is 0 Å². The standard InChI is InChI=1S/C89H146O17P2/c1-5-9-13-17-21-25-29-32-35-38-41-44-47-50-54-57-61-65-69-73-86(91)99-79-84(105-88(93)75-71-67-63-59-53-28-24-20-16-12-8-4)81-103-107(95,96)101-77-83(90)78-102-108(97,98)104-82-85(106-89(94)76-72-68-64-60-56-52-49-46-43-40-37-34-31-27-23-19-15-11-7-3)80-100-87(92)74-70-66-62-58-55-51-48-45-42-39-36-33-30-26-22-18-14-10-6-2/h9-11,13-15,21-23,25-27,32-37,41-46,51-52,55-56,83-85,90H,5-8,12,16-20,24,28-31,38-40,47-50,53-54,57-82H2,1-4H3,(H,95,96)(H,97,98)/b13-9-,14-10-,15-11-,25-21-,26-22-,27-23-,35-32-,36-33-,37-34-,44-41-,45-42-,46-43-,55-51-,56-52-. The zero-order chi connectivity index (χ0) is 78.9. The number of carbonyl (C=O) groups excluding carboxylic acids is 4. The van der Waals surface area contributed by atoms with Crippen molar-refractivity contribution in [1.82, 2.24) is 0 Å². The van der Waals surface area contributed by atoms with Gasteiger partial charge < -0.3 is 33.8 Å². The Balaban J connectivity index is 5.43. The van der Waals surface area contributed by atoms with Gasteiger partial charge in [-0.1, -0.05) is 301 Å². The van der Waals surface area contributed by atoms with E-state index in [-0.39, 0.29) is 25.7 Å². The van der Waals surface area contributed by atoms with Crippen molar-refractivity contribution in [3.8, 4) is 0 Å². The molecule has 3 N–H and O–H groups in total. The molecule has 0 aliphatic carbocycles. The fourth-order valence-corrected chi connectivity index (χ4v) is 12.1. The Kier molecular flexibility index (Phi) is 75.4. The van der Waals surface area contributed by atoms with E-state index < -0.39 is 97.5 Å². The molecule has 0 saturated carbocycles. The number of hydrogen-bond donors (Lipinski definition) is 3. The van der Waals surface area contributed by atoms with Crippen molar-refractivity contribution in [2.24, 2.45) is 0 Å². The lowest BCUT2D eigenvalue weighted by molar-refractivity contribution is -0.161. The summed E-state index contributed by atoms with van der Waals surface area (Å²) in [5.41, 5.74) is 0. The molecule has 0 fully saturated rings. The maximum absolute atomic E-state index is 13.1. The largest absolute Gasteiger partial charge is 0.472 e. The number of phosphoric ester groups is 2. The van der Waals surface area contributed by atoms with Gasteiger partial charge in [-0.3, -0.25) is 37.3 Å². The summed E-state index contributed by atoms with van der Waals surface area (Å²) in [6, 6.07) is 0. The summed E-state index contributed by atoms with van der Waals surface area (Å²) in [6.07, 6.45) is 94.7. The monoisotopic (exact) mass is 1550 g/mol. The highest BCUT2D eigenvalue weighted by atomic mass is 31.2. The van der Waals surface area contributed by atoms with E-state index in [0.29, 0.717) is 25.7 Å². The highest BCUT2D eigenvalue weighted by Crippen LogP contribution is 2.45. The summed E-state index contributed by atoms with van der Waals surface area (Å²) in [4.78, 5) is 73.1. The van der Waals surface area contributed by atoms with Crippen molar-refractivity contribution in [1.29, 1.82) is 0 Å². The number of rotatable bonds is 76. The summed E-state index contributed by atoms with van der Waals surface area (Å²) in [5.74, 6) is -2.27. The molecule has 19 heteroatoms. The molecular formula is C89H146O17P2. The van der Waals surface area contributed by atoms with Crippen LogP contribution >= 0.6 is 15.6 Å². The highest BCUT2D eigenvalue weighted by Gasteiger charge is 2.30. The Morgan fingerprint density at radius 2 is 0.481 bits per heavy atom. The molecule has 0 radical (unpaired) electrons. The average molecular weight is 1550 g/mol. The third-order valence-corrected chi connectivity index (χ3v) is 18.6. The predicted octanol–water partition coefficient (Wildman–Crippen LogP) is 24.6. The van der Waals surface area contributed by atoms with Crippen LogP contribution in [0.15, 0.2) is 170 Å². The average Bonchev–Trinajstić information content (AvgIpc) is 0.917. The smallest absolute Gasteiger partial charge is 0.462 e. The highest BCUT2D eigenvalue weighted by molar-refractivity contribution is 7.47. The summed E-state index contributed by atoms with van der Waals surface area (Å²) in [6.45, 7) is 4.44.